The molecule has 1 aromatic carbocycles. The van der Waals surface area contributed by atoms with Crippen LogP contribution in [0.2, 0.25) is 0 Å². The maximum absolute atomic E-state index is 12.1. The van der Waals surface area contributed by atoms with Gasteiger partial charge in [-0.05, 0) is 23.8 Å². The summed E-state index contributed by atoms with van der Waals surface area (Å²) >= 11 is 0. The van der Waals surface area contributed by atoms with Crippen molar-refractivity contribution >= 4 is 16.1 Å². The molecule has 0 saturated heterocycles. The van der Waals surface area contributed by atoms with E-state index in [2.05, 4.69) is 9.98 Å². The molecule has 142 valence electrons. The molecule has 2 heterocycles. The number of aliphatic imine (C=N–C) groups is 1. The summed E-state index contributed by atoms with van der Waals surface area (Å²) < 4.78 is 28.9. The van der Waals surface area contributed by atoms with Gasteiger partial charge in [0.05, 0.1) is 25.4 Å². The minimum absolute atomic E-state index is 0.0178. The SMILES string of the molecule is COc1ccc(Cn2c(O)c(C=N[C@@H]3C=CS(=O)(=O)C3)c(=O)[nH]c2=O)cc1. The summed E-state index contributed by atoms with van der Waals surface area (Å²) in [6.45, 7) is 0.0178. The highest BCUT2D eigenvalue weighted by molar-refractivity contribution is 7.94. The van der Waals surface area contributed by atoms with Gasteiger partial charge in [0.15, 0.2) is 9.84 Å². The van der Waals surface area contributed by atoms with Crippen molar-refractivity contribution in [2.45, 2.75) is 12.6 Å². The molecule has 1 aliphatic rings. The van der Waals surface area contributed by atoms with Gasteiger partial charge in [-0.25, -0.2) is 13.2 Å². The van der Waals surface area contributed by atoms with Crippen LogP contribution in [0.4, 0.5) is 0 Å². The molecule has 2 N–H and O–H groups in total. The van der Waals surface area contributed by atoms with Gasteiger partial charge >= 0.3 is 5.69 Å². The number of nitrogens with one attached hydrogen (secondary N) is 1. The Morgan fingerprint density at radius 2 is 2.04 bits per heavy atom. The number of benzene rings is 1. The molecule has 1 atom stereocenters. The summed E-state index contributed by atoms with van der Waals surface area (Å²) in [4.78, 5) is 30.2. The lowest BCUT2D eigenvalue weighted by molar-refractivity contribution is 0.407. The predicted molar refractivity (Wildman–Crippen MR) is 99.4 cm³/mol. The molecule has 2 aromatic rings. The van der Waals surface area contributed by atoms with Crippen molar-refractivity contribution in [3.63, 3.8) is 0 Å². The molecular formula is C17H17N3O6S. The van der Waals surface area contributed by atoms with Crippen LogP contribution in [0.25, 0.3) is 0 Å². The Kier molecular flexibility index (Phi) is 5.00. The Morgan fingerprint density at radius 3 is 2.63 bits per heavy atom. The number of methoxy groups -OCH3 is 1. The Hall–Kier alpha value is -3.14. The minimum atomic E-state index is -3.29. The van der Waals surface area contributed by atoms with Crippen LogP contribution < -0.4 is 16.0 Å². The number of nitrogens with zero attached hydrogens (tertiary/aromatic N) is 2. The molecule has 27 heavy (non-hydrogen) atoms. The fourth-order valence-electron chi connectivity index (χ4n) is 2.57. The lowest BCUT2D eigenvalue weighted by Crippen LogP contribution is -2.32. The van der Waals surface area contributed by atoms with Crippen LogP contribution in [-0.2, 0) is 16.4 Å². The number of aromatic amines is 1. The zero-order valence-electron chi connectivity index (χ0n) is 14.3. The molecule has 0 bridgehead atoms. The number of hydrogen-bond acceptors (Lipinski definition) is 7. The molecule has 0 fully saturated rings. The molecule has 0 unspecified atom stereocenters. The van der Waals surface area contributed by atoms with Crippen molar-refractivity contribution in [3.05, 3.63) is 67.7 Å². The normalized spacial score (nSPS) is 18.2. The Labute approximate surface area is 154 Å². The van der Waals surface area contributed by atoms with Gasteiger partial charge in [0.2, 0.25) is 5.88 Å². The maximum atomic E-state index is 12.1. The molecule has 1 aromatic heterocycles. The van der Waals surface area contributed by atoms with E-state index in [9.17, 15) is 23.1 Å². The molecule has 9 nitrogen and oxygen atoms in total. The first-order valence-electron chi connectivity index (χ1n) is 7.92. The number of aromatic nitrogens is 2. The summed E-state index contributed by atoms with van der Waals surface area (Å²) in [6.07, 6.45) is 2.47. The maximum Gasteiger partial charge on any atom is 0.331 e. The van der Waals surface area contributed by atoms with Crippen LogP contribution in [0.1, 0.15) is 11.1 Å². The molecule has 0 amide bonds. The van der Waals surface area contributed by atoms with E-state index in [4.69, 9.17) is 4.74 Å². The average molecular weight is 391 g/mol. The minimum Gasteiger partial charge on any atom is -0.497 e. The molecule has 0 aliphatic carbocycles. The summed E-state index contributed by atoms with van der Waals surface area (Å²) in [5.74, 6) is -0.106. The second-order valence-electron chi connectivity index (χ2n) is 5.93. The van der Waals surface area contributed by atoms with Crippen molar-refractivity contribution in [1.29, 1.82) is 0 Å². The first-order valence-corrected chi connectivity index (χ1v) is 9.64. The molecule has 0 saturated carbocycles. The predicted octanol–water partition coefficient (Wildman–Crippen LogP) is 0.0287. The summed E-state index contributed by atoms with van der Waals surface area (Å²) in [6, 6.07) is 6.21. The number of ether oxygens (including phenoxy) is 1. The van der Waals surface area contributed by atoms with Crippen LogP contribution in [0, 0.1) is 0 Å². The zero-order chi connectivity index (χ0) is 19.6. The third-order valence-corrected chi connectivity index (χ3v) is 5.39. The number of H-pyrrole nitrogens is 1. The van der Waals surface area contributed by atoms with Crippen LogP contribution in [0.3, 0.4) is 0 Å². The molecule has 0 spiro atoms. The third kappa shape index (κ3) is 4.17. The van der Waals surface area contributed by atoms with Crippen molar-refractivity contribution in [2.75, 3.05) is 12.9 Å². The standard InChI is InChI=1S/C17H17N3O6S/c1-26-13-4-2-11(3-5-13)9-20-16(22)14(15(21)19-17(20)23)8-18-12-6-7-27(24,25)10-12/h2-8,12,22H,9-10H2,1H3,(H,19,21,23)/t12-/m1/s1. The highest BCUT2D eigenvalue weighted by atomic mass is 32.2. The molecule has 1 aliphatic heterocycles. The molecular weight excluding hydrogens is 374 g/mol. The van der Waals surface area contributed by atoms with Gasteiger partial charge in [-0.3, -0.25) is 19.3 Å². The van der Waals surface area contributed by atoms with Gasteiger partial charge < -0.3 is 9.84 Å². The topological polar surface area (TPSA) is 131 Å². The van der Waals surface area contributed by atoms with Crippen molar-refractivity contribution in [1.82, 2.24) is 9.55 Å². The van der Waals surface area contributed by atoms with E-state index in [1.54, 1.807) is 24.3 Å². The Balaban J connectivity index is 1.92. The van der Waals surface area contributed by atoms with Crippen molar-refractivity contribution < 1.29 is 18.3 Å². The Bertz CT molecular complexity index is 1130. The van der Waals surface area contributed by atoms with Gasteiger partial charge in [0.1, 0.15) is 11.3 Å². The van der Waals surface area contributed by atoms with Crippen LogP contribution >= 0.6 is 0 Å². The fourth-order valence-corrected chi connectivity index (χ4v) is 3.78. The second-order valence-corrected chi connectivity index (χ2v) is 7.87. The lowest BCUT2D eigenvalue weighted by Gasteiger charge is -2.10. The first kappa shape index (κ1) is 18.6. The molecule has 10 heteroatoms. The third-order valence-electron chi connectivity index (χ3n) is 4.01. The van der Waals surface area contributed by atoms with Gasteiger partial charge in [0, 0.05) is 11.6 Å². The van der Waals surface area contributed by atoms with E-state index in [1.807, 2.05) is 0 Å². The van der Waals surface area contributed by atoms with Gasteiger partial charge in [-0.15, -0.1) is 0 Å². The fraction of sp³-hybridized carbons (Fsp3) is 0.235. The van der Waals surface area contributed by atoms with Crippen molar-refractivity contribution in [3.8, 4) is 11.6 Å². The van der Waals surface area contributed by atoms with Crippen LogP contribution in [-0.4, -0.2) is 48.2 Å². The number of rotatable bonds is 5. The van der Waals surface area contributed by atoms with E-state index < -0.39 is 33.0 Å². The molecule has 0 radical (unpaired) electrons. The van der Waals surface area contributed by atoms with E-state index in [0.29, 0.717) is 11.3 Å². The second kappa shape index (κ2) is 7.23. The summed E-state index contributed by atoms with van der Waals surface area (Å²) in [5.41, 5.74) is -1.10. The summed E-state index contributed by atoms with van der Waals surface area (Å²) in [5, 5.41) is 11.4. The van der Waals surface area contributed by atoms with Crippen molar-refractivity contribution in [2.24, 2.45) is 4.99 Å². The quantitative estimate of drug-likeness (QED) is 0.692. The van der Waals surface area contributed by atoms with Gasteiger partial charge in [-0.1, -0.05) is 12.1 Å². The first-order chi connectivity index (χ1) is 12.8. The van der Waals surface area contributed by atoms with Crippen LogP contribution in [0.15, 0.2) is 50.3 Å². The molecule has 3 rings (SSSR count). The van der Waals surface area contributed by atoms with Gasteiger partial charge in [0.25, 0.3) is 5.56 Å². The average Bonchev–Trinajstić information content (AvgIpc) is 2.97. The zero-order valence-corrected chi connectivity index (χ0v) is 15.1. The number of hydrogen-bond donors (Lipinski definition) is 2. The lowest BCUT2D eigenvalue weighted by atomic mass is 10.2. The number of aromatic hydroxyl groups is 1. The van der Waals surface area contributed by atoms with E-state index >= 15 is 0 Å². The highest BCUT2D eigenvalue weighted by Crippen LogP contribution is 2.16. The highest BCUT2D eigenvalue weighted by Gasteiger charge is 2.21. The summed E-state index contributed by atoms with van der Waals surface area (Å²) in [7, 11) is -1.76. The monoisotopic (exact) mass is 391 g/mol. The largest absolute Gasteiger partial charge is 0.497 e. The number of sulfone groups is 1. The van der Waals surface area contributed by atoms with E-state index in [-0.39, 0.29) is 17.9 Å². The smallest absolute Gasteiger partial charge is 0.331 e. The Morgan fingerprint density at radius 1 is 1.33 bits per heavy atom. The van der Waals surface area contributed by atoms with Gasteiger partial charge in [-0.2, -0.15) is 0 Å². The van der Waals surface area contributed by atoms with E-state index in [0.717, 1.165) is 16.2 Å². The van der Waals surface area contributed by atoms with E-state index in [1.165, 1.54) is 13.2 Å². The van der Waals surface area contributed by atoms with Crippen LogP contribution in [0.5, 0.6) is 11.6 Å².